The van der Waals surface area contributed by atoms with Gasteiger partial charge in [0.2, 0.25) is 0 Å². The molecule has 0 aromatic carbocycles. The maximum Gasteiger partial charge on any atom is 0.419 e. The number of hydrogen-bond donors (Lipinski definition) is 0. The summed E-state index contributed by atoms with van der Waals surface area (Å²) in [6.45, 7) is 9.08. The second-order valence-corrected chi connectivity index (χ2v) is 2.02. The molecule has 0 aliphatic carbocycles. The van der Waals surface area contributed by atoms with E-state index in [0.29, 0.717) is 0 Å². The average molecular weight is 144 g/mol. The molecule has 0 rings (SSSR count). The van der Waals surface area contributed by atoms with Gasteiger partial charge < -0.3 is 4.74 Å². The predicted molar refractivity (Wildman–Crippen MR) is 39.2 cm³/mol. The van der Waals surface area contributed by atoms with E-state index in [-0.39, 0.29) is 6.23 Å². The second-order valence-electron chi connectivity index (χ2n) is 2.02. The van der Waals surface area contributed by atoms with Crippen molar-refractivity contribution < 1.29 is 9.53 Å². The fraction of sp³-hybridized carbons (Fsp3) is 0.857. The van der Waals surface area contributed by atoms with Crippen molar-refractivity contribution >= 4 is 6.47 Å². The Hall–Kier alpha value is -0.570. The van der Waals surface area contributed by atoms with Gasteiger partial charge in [0.15, 0.2) is 6.23 Å². The van der Waals surface area contributed by atoms with Crippen LogP contribution < -0.4 is 0 Å². The molecular formula is C7H14NO2. The average Bonchev–Trinajstić information content (AvgIpc) is 1.91. The van der Waals surface area contributed by atoms with Crippen molar-refractivity contribution in [1.82, 2.24) is 4.90 Å². The maximum absolute atomic E-state index is 9.78. The smallest absolute Gasteiger partial charge is 0.419 e. The fourth-order valence-corrected chi connectivity index (χ4v) is 0.882. The van der Waals surface area contributed by atoms with E-state index in [4.69, 9.17) is 0 Å². The lowest BCUT2D eigenvalue weighted by Crippen LogP contribution is -2.34. The van der Waals surface area contributed by atoms with Crippen molar-refractivity contribution in [2.24, 2.45) is 0 Å². The molecule has 1 radical (unpaired) electrons. The molecule has 1 unspecified atom stereocenters. The Morgan fingerprint density at radius 2 is 2.00 bits per heavy atom. The van der Waals surface area contributed by atoms with Gasteiger partial charge in [0.25, 0.3) is 0 Å². The molecule has 0 fully saturated rings. The molecule has 0 saturated carbocycles. The van der Waals surface area contributed by atoms with Gasteiger partial charge in [-0.25, -0.2) is 4.79 Å². The Morgan fingerprint density at radius 1 is 1.50 bits per heavy atom. The van der Waals surface area contributed by atoms with E-state index in [1.807, 2.05) is 25.7 Å². The van der Waals surface area contributed by atoms with Crippen LogP contribution in [0.5, 0.6) is 0 Å². The number of carbonyl (C=O) groups excluding carboxylic acids is 1. The maximum atomic E-state index is 9.78. The lowest BCUT2D eigenvalue weighted by Gasteiger charge is -2.23. The summed E-state index contributed by atoms with van der Waals surface area (Å²) in [7, 11) is 0. The van der Waals surface area contributed by atoms with Gasteiger partial charge >= 0.3 is 6.47 Å². The van der Waals surface area contributed by atoms with Crippen LogP contribution in [-0.4, -0.2) is 30.7 Å². The lowest BCUT2D eigenvalue weighted by molar-refractivity contribution is 0.0351. The molecule has 1 atom stereocenters. The Morgan fingerprint density at radius 3 is 2.30 bits per heavy atom. The molecule has 0 heterocycles. The molecule has 0 aromatic rings. The lowest BCUT2D eigenvalue weighted by atomic mass is 10.4. The first-order valence-electron chi connectivity index (χ1n) is 3.53. The molecule has 3 nitrogen and oxygen atoms in total. The highest BCUT2D eigenvalue weighted by molar-refractivity contribution is 5.38. The molecule has 0 amide bonds. The number of hydrogen-bond acceptors (Lipinski definition) is 3. The zero-order valence-corrected chi connectivity index (χ0v) is 6.76. The van der Waals surface area contributed by atoms with Crippen LogP contribution >= 0.6 is 0 Å². The molecule has 0 aromatic heterocycles. The van der Waals surface area contributed by atoms with Gasteiger partial charge in [-0.05, 0) is 20.0 Å². The third kappa shape index (κ3) is 2.82. The van der Waals surface area contributed by atoms with Crippen LogP contribution in [0.2, 0.25) is 0 Å². The minimum absolute atomic E-state index is 0.146. The minimum Gasteiger partial charge on any atom is -0.438 e. The van der Waals surface area contributed by atoms with Gasteiger partial charge in [0.05, 0.1) is 0 Å². The normalized spacial score (nSPS) is 13.2. The van der Waals surface area contributed by atoms with Gasteiger partial charge in [-0.1, -0.05) is 13.8 Å². The van der Waals surface area contributed by atoms with Crippen LogP contribution in [0.3, 0.4) is 0 Å². The minimum atomic E-state index is -0.146. The fourth-order valence-electron chi connectivity index (χ4n) is 0.882. The Balaban J connectivity index is 3.63. The van der Waals surface area contributed by atoms with Gasteiger partial charge in [-0.15, -0.1) is 0 Å². The molecule has 0 bridgehead atoms. The SMILES string of the molecule is CCN(CC)C(C)O[C]=O. The van der Waals surface area contributed by atoms with Crippen molar-refractivity contribution in [3.05, 3.63) is 0 Å². The molecule has 0 aliphatic heterocycles. The monoisotopic (exact) mass is 144 g/mol. The summed E-state index contributed by atoms with van der Waals surface area (Å²) in [6.07, 6.45) is -0.146. The predicted octanol–water partition coefficient (Wildman–Crippen LogP) is 0.758. The van der Waals surface area contributed by atoms with Crippen LogP contribution in [0.15, 0.2) is 0 Å². The van der Waals surface area contributed by atoms with E-state index in [1.54, 1.807) is 0 Å². The zero-order chi connectivity index (χ0) is 7.98. The summed E-state index contributed by atoms with van der Waals surface area (Å²) in [4.78, 5) is 11.8. The van der Waals surface area contributed by atoms with Crippen molar-refractivity contribution in [3.63, 3.8) is 0 Å². The van der Waals surface area contributed by atoms with Crippen molar-refractivity contribution in [3.8, 4) is 0 Å². The first-order chi connectivity index (χ1) is 4.76. The highest BCUT2D eigenvalue weighted by Gasteiger charge is 2.08. The van der Waals surface area contributed by atoms with Gasteiger partial charge in [-0.3, -0.25) is 4.90 Å². The van der Waals surface area contributed by atoms with E-state index >= 15 is 0 Å². The number of rotatable bonds is 5. The standard InChI is InChI=1S/C7H14NO2/c1-4-8(5-2)7(3)10-6-9/h7H,4-5H2,1-3H3. The van der Waals surface area contributed by atoms with Crippen molar-refractivity contribution in [1.29, 1.82) is 0 Å². The second kappa shape index (κ2) is 5.23. The molecule has 10 heavy (non-hydrogen) atoms. The van der Waals surface area contributed by atoms with Gasteiger partial charge in [0.1, 0.15) is 0 Å². The summed E-state index contributed by atoms with van der Waals surface area (Å²) < 4.78 is 4.61. The quantitative estimate of drug-likeness (QED) is 0.533. The summed E-state index contributed by atoms with van der Waals surface area (Å²) >= 11 is 0. The zero-order valence-electron chi connectivity index (χ0n) is 6.76. The van der Waals surface area contributed by atoms with Crippen molar-refractivity contribution in [2.45, 2.75) is 27.0 Å². The first-order valence-corrected chi connectivity index (χ1v) is 3.53. The summed E-state index contributed by atoms with van der Waals surface area (Å²) in [5.74, 6) is 0. The largest absolute Gasteiger partial charge is 0.438 e. The molecular weight excluding hydrogens is 130 g/mol. The van der Waals surface area contributed by atoms with Crippen LogP contribution in [0.1, 0.15) is 20.8 Å². The van der Waals surface area contributed by atoms with Crippen molar-refractivity contribution in [2.75, 3.05) is 13.1 Å². The topological polar surface area (TPSA) is 29.5 Å². The van der Waals surface area contributed by atoms with Gasteiger partial charge in [0, 0.05) is 0 Å². The van der Waals surface area contributed by atoms with E-state index in [9.17, 15) is 4.79 Å². The molecule has 0 aliphatic rings. The third-order valence-corrected chi connectivity index (χ3v) is 1.55. The molecule has 59 valence electrons. The molecule has 0 spiro atoms. The molecule has 3 heteroatoms. The van der Waals surface area contributed by atoms with E-state index in [0.717, 1.165) is 13.1 Å². The Labute approximate surface area is 62.0 Å². The third-order valence-electron chi connectivity index (χ3n) is 1.55. The van der Waals surface area contributed by atoms with Gasteiger partial charge in [-0.2, -0.15) is 0 Å². The Bertz CT molecular complexity index is 91.6. The highest BCUT2D eigenvalue weighted by Crippen LogP contribution is 1.97. The first kappa shape index (κ1) is 9.43. The highest BCUT2D eigenvalue weighted by atomic mass is 16.5. The van der Waals surface area contributed by atoms with E-state index < -0.39 is 0 Å². The number of nitrogens with zero attached hydrogens (tertiary/aromatic N) is 1. The summed E-state index contributed by atoms with van der Waals surface area (Å²) in [5, 5.41) is 0. The summed E-state index contributed by atoms with van der Waals surface area (Å²) in [5.41, 5.74) is 0. The van der Waals surface area contributed by atoms with Crippen LogP contribution in [0.25, 0.3) is 0 Å². The summed E-state index contributed by atoms with van der Waals surface area (Å²) in [6, 6.07) is 0. The Kier molecular flexibility index (Phi) is 4.94. The van der Waals surface area contributed by atoms with E-state index in [2.05, 4.69) is 4.74 Å². The van der Waals surface area contributed by atoms with Crippen LogP contribution in [-0.2, 0) is 9.53 Å². The molecule has 0 saturated heterocycles. The van der Waals surface area contributed by atoms with Crippen LogP contribution in [0, 0.1) is 0 Å². The van der Waals surface area contributed by atoms with E-state index in [1.165, 1.54) is 6.47 Å². The molecule has 0 N–H and O–H groups in total. The number of ether oxygens (including phenoxy) is 1. The van der Waals surface area contributed by atoms with Crippen LogP contribution in [0.4, 0.5) is 0 Å².